The number of imidazole rings is 1. The molecule has 0 amide bonds. The van der Waals surface area contributed by atoms with Crippen LogP contribution in [0.25, 0.3) is 11.3 Å². The molecule has 19 heavy (non-hydrogen) atoms. The van der Waals surface area contributed by atoms with Crippen LogP contribution in [0, 0.1) is 13.8 Å². The van der Waals surface area contributed by atoms with Crippen LogP contribution < -0.4 is 5.73 Å². The van der Waals surface area contributed by atoms with Crippen LogP contribution >= 0.6 is 11.6 Å². The molecule has 0 aliphatic heterocycles. The smallest absolute Gasteiger partial charge is 0.131 e. The number of halogens is 1. The first-order valence-corrected chi connectivity index (χ1v) is 7.01. The number of unbranched alkanes of at least 4 members (excludes halogenated alkanes) is 1. The molecule has 0 radical (unpaired) electrons. The van der Waals surface area contributed by atoms with E-state index in [4.69, 9.17) is 17.3 Å². The number of nitrogens with two attached hydrogens (primary N) is 1. The average molecular weight is 278 g/mol. The molecule has 0 fully saturated rings. The zero-order valence-corrected chi connectivity index (χ0v) is 12.5. The van der Waals surface area contributed by atoms with Crippen molar-refractivity contribution in [3.05, 3.63) is 34.6 Å². The van der Waals surface area contributed by atoms with Crippen molar-refractivity contribution in [1.29, 1.82) is 0 Å². The molecule has 0 atom stereocenters. The molecule has 4 heteroatoms. The summed E-state index contributed by atoms with van der Waals surface area (Å²) in [6.07, 6.45) is 2.25. The summed E-state index contributed by atoms with van der Waals surface area (Å²) >= 11 is 6.17. The summed E-state index contributed by atoms with van der Waals surface area (Å²) in [5.74, 6) is 1.68. The lowest BCUT2D eigenvalue weighted by Crippen LogP contribution is -2.04. The SMILES string of the molecule is CCCCn1c(C)nc(-c2ccc(C)c(Cl)c2)c1N. The molecule has 1 aromatic heterocycles. The first kappa shape index (κ1) is 13.9. The van der Waals surface area contributed by atoms with Crippen molar-refractivity contribution < 1.29 is 0 Å². The van der Waals surface area contributed by atoms with E-state index in [1.165, 1.54) is 0 Å². The van der Waals surface area contributed by atoms with Gasteiger partial charge in [0, 0.05) is 17.1 Å². The molecule has 0 saturated heterocycles. The molecule has 2 aromatic rings. The summed E-state index contributed by atoms with van der Waals surface area (Å²) in [6, 6.07) is 5.94. The van der Waals surface area contributed by atoms with Crippen LogP contribution in [0.4, 0.5) is 5.82 Å². The van der Waals surface area contributed by atoms with E-state index in [-0.39, 0.29) is 0 Å². The number of nitrogen functional groups attached to an aromatic ring is 1. The van der Waals surface area contributed by atoms with E-state index in [2.05, 4.69) is 16.5 Å². The third-order valence-corrected chi connectivity index (χ3v) is 3.79. The molecular weight excluding hydrogens is 258 g/mol. The molecule has 3 nitrogen and oxygen atoms in total. The van der Waals surface area contributed by atoms with Crippen molar-refractivity contribution in [3.8, 4) is 11.3 Å². The maximum atomic E-state index is 6.22. The highest BCUT2D eigenvalue weighted by Crippen LogP contribution is 2.29. The fraction of sp³-hybridized carbons (Fsp3) is 0.400. The van der Waals surface area contributed by atoms with E-state index in [0.717, 1.165) is 52.9 Å². The number of rotatable bonds is 4. The van der Waals surface area contributed by atoms with Gasteiger partial charge in [0.05, 0.1) is 0 Å². The molecule has 1 heterocycles. The minimum absolute atomic E-state index is 0.728. The molecule has 102 valence electrons. The first-order chi connectivity index (χ1) is 9.04. The van der Waals surface area contributed by atoms with Crippen LogP contribution in [0.15, 0.2) is 18.2 Å². The third kappa shape index (κ3) is 2.76. The van der Waals surface area contributed by atoms with Gasteiger partial charge in [0.25, 0.3) is 0 Å². The lowest BCUT2D eigenvalue weighted by Gasteiger charge is -2.07. The van der Waals surface area contributed by atoms with E-state index in [1.807, 2.05) is 32.0 Å². The van der Waals surface area contributed by atoms with Crippen LogP contribution in [0.5, 0.6) is 0 Å². The number of aryl methyl sites for hydroxylation is 2. The topological polar surface area (TPSA) is 43.8 Å². The van der Waals surface area contributed by atoms with Gasteiger partial charge in [0.2, 0.25) is 0 Å². The Morgan fingerprint density at radius 3 is 2.68 bits per heavy atom. The summed E-state index contributed by atoms with van der Waals surface area (Å²) in [5.41, 5.74) is 9.09. The van der Waals surface area contributed by atoms with Gasteiger partial charge in [-0.2, -0.15) is 0 Å². The van der Waals surface area contributed by atoms with Gasteiger partial charge in [0.1, 0.15) is 17.3 Å². The molecular formula is C15H20ClN3. The predicted octanol–water partition coefficient (Wildman–Crippen LogP) is 4.20. The molecule has 2 N–H and O–H groups in total. The largest absolute Gasteiger partial charge is 0.383 e. The average Bonchev–Trinajstić information content (AvgIpc) is 2.66. The Labute approximate surface area is 119 Å². The van der Waals surface area contributed by atoms with Crippen LogP contribution in [0.1, 0.15) is 31.2 Å². The van der Waals surface area contributed by atoms with Crippen molar-refractivity contribution in [2.75, 3.05) is 5.73 Å². The number of benzene rings is 1. The minimum Gasteiger partial charge on any atom is -0.383 e. The van der Waals surface area contributed by atoms with E-state index in [9.17, 15) is 0 Å². The van der Waals surface area contributed by atoms with Crippen molar-refractivity contribution >= 4 is 17.4 Å². The van der Waals surface area contributed by atoms with Gasteiger partial charge >= 0.3 is 0 Å². The van der Waals surface area contributed by atoms with Gasteiger partial charge in [-0.25, -0.2) is 4.98 Å². The molecule has 0 unspecified atom stereocenters. The van der Waals surface area contributed by atoms with Gasteiger partial charge in [0.15, 0.2) is 0 Å². The normalized spacial score (nSPS) is 10.9. The van der Waals surface area contributed by atoms with Crippen molar-refractivity contribution in [2.45, 2.75) is 40.2 Å². The lowest BCUT2D eigenvalue weighted by molar-refractivity contribution is 0.622. The maximum absolute atomic E-state index is 6.22. The molecule has 1 aromatic carbocycles. The van der Waals surface area contributed by atoms with Gasteiger partial charge in [-0.15, -0.1) is 0 Å². The Hall–Kier alpha value is -1.48. The van der Waals surface area contributed by atoms with Gasteiger partial charge in [-0.05, 0) is 31.9 Å². The van der Waals surface area contributed by atoms with E-state index in [1.54, 1.807) is 0 Å². The summed E-state index contributed by atoms with van der Waals surface area (Å²) in [5, 5.41) is 0.748. The Balaban J connectivity index is 2.42. The number of nitrogens with zero attached hydrogens (tertiary/aromatic N) is 2. The highest BCUT2D eigenvalue weighted by Gasteiger charge is 2.13. The molecule has 0 aliphatic rings. The number of aromatic nitrogens is 2. The van der Waals surface area contributed by atoms with Crippen molar-refractivity contribution in [1.82, 2.24) is 9.55 Å². The van der Waals surface area contributed by atoms with Crippen LogP contribution in [0.3, 0.4) is 0 Å². The Morgan fingerprint density at radius 2 is 2.05 bits per heavy atom. The monoisotopic (exact) mass is 277 g/mol. The first-order valence-electron chi connectivity index (χ1n) is 6.63. The fourth-order valence-corrected chi connectivity index (χ4v) is 2.31. The minimum atomic E-state index is 0.728. The molecule has 0 aliphatic carbocycles. The number of hydrogen-bond acceptors (Lipinski definition) is 2. The molecule has 2 rings (SSSR count). The second-order valence-corrected chi connectivity index (χ2v) is 5.27. The highest BCUT2D eigenvalue weighted by atomic mass is 35.5. The third-order valence-electron chi connectivity index (χ3n) is 3.38. The number of anilines is 1. The van der Waals surface area contributed by atoms with Gasteiger partial charge < -0.3 is 10.3 Å². The zero-order valence-electron chi connectivity index (χ0n) is 11.7. The molecule has 0 bridgehead atoms. The fourth-order valence-electron chi connectivity index (χ4n) is 2.13. The summed E-state index contributed by atoms with van der Waals surface area (Å²) < 4.78 is 2.08. The van der Waals surface area contributed by atoms with Crippen molar-refractivity contribution in [3.63, 3.8) is 0 Å². The Kier molecular flexibility index (Phi) is 4.15. The van der Waals surface area contributed by atoms with E-state index < -0.39 is 0 Å². The Morgan fingerprint density at radius 1 is 1.32 bits per heavy atom. The predicted molar refractivity (Wildman–Crippen MR) is 81.5 cm³/mol. The van der Waals surface area contributed by atoms with Crippen LogP contribution in [-0.2, 0) is 6.54 Å². The van der Waals surface area contributed by atoms with E-state index in [0.29, 0.717) is 0 Å². The number of hydrogen-bond donors (Lipinski definition) is 1. The van der Waals surface area contributed by atoms with E-state index >= 15 is 0 Å². The second kappa shape index (κ2) is 5.66. The quantitative estimate of drug-likeness (QED) is 0.910. The van der Waals surface area contributed by atoms with Crippen molar-refractivity contribution in [2.24, 2.45) is 0 Å². The second-order valence-electron chi connectivity index (χ2n) is 4.86. The van der Waals surface area contributed by atoms with Gasteiger partial charge in [-0.1, -0.05) is 37.1 Å². The molecule has 0 saturated carbocycles. The molecule has 0 spiro atoms. The summed E-state index contributed by atoms with van der Waals surface area (Å²) in [7, 11) is 0. The van der Waals surface area contributed by atoms with Crippen LogP contribution in [0.2, 0.25) is 5.02 Å². The zero-order chi connectivity index (χ0) is 14.0. The Bertz CT molecular complexity index is 587. The standard InChI is InChI=1S/C15H20ClN3/c1-4-5-8-19-11(3)18-14(15(19)17)12-7-6-10(2)13(16)9-12/h6-7,9H,4-5,8,17H2,1-3H3. The van der Waals surface area contributed by atoms with Gasteiger partial charge in [-0.3, -0.25) is 0 Å². The highest BCUT2D eigenvalue weighted by molar-refractivity contribution is 6.31. The maximum Gasteiger partial charge on any atom is 0.131 e. The summed E-state index contributed by atoms with van der Waals surface area (Å²) in [4.78, 5) is 4.58. The summed E-state index contributed by atoms with van der Waals surface area (Å²) in [6.45, 7) is 7.07. The lowest BCUT2D eigenvalue weighted by atomic mass is 10.1. The van der Waals surface area contributed by atoms with Crippen LogP contribution in [-0.4, -0.2) is 9.55 Å².